The summed E-state index contributed by atoms with van der Waals surface area (Å²) in [7, 11) is -6.87. The monoisotopic (exact) mass is 452 g/mol. The van der Waals surface area contributed by atoms with Crippen LogP contribution in [0.15, 0.2) is 21.2 Å². The van der Waals surface area contributed by atoms with Crippen LogP contribution in [0, 0.1) is 0 Å². The third-order valence-electron chi connectivity index (χ3n) is 3.69. The fourth-order valence-electron chi connectivity index (χ4n) is 2.43. The summed E-state index contributed by atoms with van der Waals surface area (Å²) in [5, 5.41) is 2.56. The van der Waals surface area contributed by atoms with Crippen molar-refractivity contribution >= 4 is 54.8 Å². The Morgan fingerprint density at radius 2 is 2.11 bits per heavy atom. The van der Waals surface area contributed by atoms with Gasteiger partial charge in [-0.2, -0.15) is 4.98 Å². The van der Waals surface area contributed by atoms with E-state index in [0.29, 0.717) is 4.88 Å². The molecule has 0 saturated heterocycles. The molecule has 14 heteroatoms. The van der Waals surface area contributed by atoms with Gasteiger partial charge < -0.3 is 4.74 Å². The predicted molar refractivity (Wildman–Crippen MR) is 97.6 cm³/mol. The highest BCUT2D eigenvalue weighted by Gasteiger charge is 2.41. The number of amides is 2. The topological polar surface area (TPSA) is 144 Å². The van der Waals surface area contributed by atoms with Crippen molar-refractivity contribution in [1.82, 2.24) is 14.7 Å². The van der Waals surface area contributed by atoms with E-state index >= 15 is 0 Å². The van der Waals surface area contributed by atoms with Gasteiger partial charge in [0.15, 0.2) is 9.84 Å². The van der Waals surface area contributed by atoms with Crippen LogP contribution in [0.1, 0.15) is 11.8 Å². The molecule has 27 heavy (non-hydrogen) atoms. The van der Waals surface area contributed by atoms with Crippen LogP contribution in [0.2, 0.25) is 5.15 Å². The lowest BCUT2D eigenvalue weighted by Gasteiger charge is -2.09. The molecule has 146 valence electrons. The van der Waals surface area contributed by atoms with E-state index in [4.69, 9.17) is 16.3 Å². The first-order valence-electron chi connectivity index (χ1n) is 7.31. The minimum atomic E-state index is -4.43. The maximum atomic E-state index is 12.5. The Labute approximate surface area is 163 Å². The number of ether oxygens (including phenoxy) is 1. The van der Waals surface area contributed by atoms with Crippen LogP contribution in [0.25, 0.3) is 0 Å². The third-order valence-corrected chi connectivity index (χ3v) is 8.92. The number of nitrogens with one attached hydrogen (secondary N) is 2. The third kappa shape index (κ3) is 3.72. The summed E-state index contributed by atoms with van der Waals surface area (Å²) in [5.41, 5.74) is 0. The molecule has 0 aliphatic carbocycles. The number of carbonyl (C=O) groups is 1. The Kier molecular flexibility index (Phi) is 5.05. The minimum absolute atomic E-state index is 0.0317. The molecule has 0 bridgehead atoms. The van der Waals surface area contributed by atoms with Gasteiger partial charge in [0, 0.05) is 16.3 Å². The summed E-state index contributed by atoms with van der Waals surface area (Å²) in [4.78, 5) is 19.3. The molecule has 2 aromatic rings. The number of fused-ring (bicyclic) bond motifs is 1. The van der Waals surface area contributed by atoms with Crippen molar-refractivity contribution < 1.29 is 26.4 Å². The summed E-state index contributed by atoms with van der Waals surface area (Å²) in [5.74, 6) is -0.229. The summed E-state index contributed by atoms with van der Waals surface area (Å²) in [6.07, 6.45) is 0.236. The fraction of sp³-hybridized carbons (Fsp3) is 0.308. The van der Waals surface area contributed by atoms with Gasteiger partial charge in [-0.15, -0.1) is 11.3 Å². The highest BCUT2D eigenvalue weighted by molar-refractivity contribution is 7.94. The summed E-state index contributed by atoms with van der Waals surface area (Å²) in [6.45, 7) is 1.50. The molecular formula is C13H13ClN4O6S3. The quantitative estimate of drug-likeness (QED) is 0.662. The first-order valence-corrected chi connectivity index (χ1v) is 11.6. The normalized spacial score (nSPS) is 18.0. The van der Waals surface area contributed by atoms with E-state index in [0.717, 1.165) is 11.3 Å². The lowest BCUT2D eigenvalue weighted by Crippen LogP contribution is -2.35. The Hall–Kier alpha value is -1.96. The first kappa shape index (κ1) is 19.8. The molecular weight excluding hydrogens is 440 g/mol. The average Bonchev–Trinajstić information content (AvgIpc) is 3.06. The Morgan fingerprint density at radius 3 is 2.78 bits per heavy atom. The molecule has 10 nitrogen and oxygen atoms in total. The molecule has 0 saturated carbocycles. The number of urea groups is 1. The van der Waals surface area contributed by atoms with E-state index in [1.807, 2.05) is 0 Å². The minimum Gasteiger partial charge on any atom is -0.481 e. The van der Waals surface area contributed by atoms with Crippen LogP contribution in [-0.4, -0.2) is 45.2 Å². The molecule has 0 aromatic carbocycles. The number of rotatable bonds is 4. The van der Waals surface area contributed by atoms with E-state index in [-0.39, 0.29) is 28.3 Å². The van der Waals surface area contributed by atoms with Gasteiger partial charge >= 0.3 is 6.03 Å². The van der Waals surface area contributed by atoms with Crippen molar-refractivity contribution in [3.63, 3.8) is 0 Å². The van der Waals surface area contributed by atoms with Crippen LogP contribution in [0.3, 0.4) is 0 Å². The molecule has 1 atom stereocenters. The molecule has 2 N–H and O–H groups in total. The van der Waals surface area contributed by atoms with Crippen LogP contribution >= 0.6 is 22.9 Å². The van der Waals surface area contributed by atoms with Gasteiger partial charge in [-0.05, 0) is 13.3 Å². The zero-order valence-electron chi connectivity index (χ0n) is 13.9. The van der Waals surface area contributed by atoms with Crippen LogP contribution < -0.4 is 14.8 Å². The average molecular weight is 453 g/mol. The van der Waals surface area contributed by atoms with Gasteiger partial charge in [0.2, 0.25) is 11.8 Å². The maximum Gasteiger partial charge on any atom is 0.335 e. The van der Waals surface area contributed by atoms with E-state index in [1.54, 1.807) is 4.72 Å². The number of nitrogens with zero attached hydrogens (tertiary/aromatic N) is 2. The Balaban J connectivity index is 1.85. The number of aromatic nitrogens is 2. The second kappa shape index (κ2) is 6.89. The molecule has 0 spiro atoms. The predicted octanol–water partition coefficient (Wildman–Crippen LogP) is 1.43. The number of anilines is 1. The Bertz CT molecular complexity index is 1130. The molecule has 1 unspecified atom stereocenters. The van der Waals surface area contributed by atoms with E-state index in [2.05, 4.69) is 15.3 Å². The second-order valence-corrected chi connectivity index (χ2v) is 10.8. The zero-order chi connectivity index (χ0) is 20.0. The second-order valence-electron chi connectivity index (χ2n) is 5.53. The summed E-state index contributed by atoms with van der Waals surface area (Å²) in [6, 6.07) is 0.116. The van der Waals surface area contributed by atoms with Gasteiger partial charge in [-0.1, -0.05) is 11.6 Å². The van der Waals surface area contributed by atoms with Gasteiger partial charge in [-0.3, -0.25) is 5.32 Å². The lowest BCUT2D eigenvalue weighted by molar-refractivity contribution is 0.256. The molecule has 1 aliphatic heterocycles. The van der Waals surface area contributed by atoms with Crippen molar-refractivity contribution in [2.45, 2.75) is 28.4 Å². The molecule has 3 heterocycles. The van der Waals surface area contributed by atoms with Crippen molar-refractivity contribution in [2.24, 2.45) is 0 Å². The lowest BCUT2D eigenvalue weighted by atomic mass is 10.3. The molecule has 0 fully saturated rings. The number of hydrogen-bond donors (Lipinski definition) is 2. The number of thiophene rings is 1. The highest BCUT2D eigenvalue weighted by atomic mass is 35.5. The highest BCUT2D eigenvalue weighted by Crippen LogP contribution is 2.40. The zero-order valence-corrected chi connectivity index (χ0v) is 17.1. The smallest absolute Gasteiger partial charge is 0.335 e. The number of sulfonamides is 1. The largest absolute Gasteiger partial charge is 0.481 e. The van der Waals surface area contributed by atoms with Gasteiger partial charge in [0.1, 0.15) is 14.9 Å². The summed E-state index contributed by atoms with van der Waals surface area (Å²) >= 11 is 6.77. The fourth-order valence-corrected chi connectivity index (χ4v) is 7.90. The van der Waals surface area contributed by atoms with Crippen molar-refractivity contribution in [2.75, 3.05) is 12.4 Å². The van der Waals surface area contributed by atoms with Crippen LogP contribution in [0.5, 0.6) is 5.88 Å². The van der Waals surface area contributed by atoms with Crippen LogP contribution in [0.4, 0.5) is 10.7 Å². The first-order chi connectivity index (χ1) is 12.5. The van der Waals surface area contributed by atoms with Crippen LogP contribution in [-0.2, 0) is 26.3 Å². The van der Waals surface area contributed by atoms with Gasteiger partial charge in [0.05, 0.1) is 12.4 Å². The number of carbonyl (C=O) groups excluding carboxylic acids is 1. The Morgan fingerprint density at radius 1 is 1.41 bits per heavy atom. The standard InChI is InChI=1S/C13H13ClN4O6S3/c1-6-3-7-11(26(6,20)21)8(5-25-7)27(22,23)18-13(19)17-12-15-9(14)4-10(16-12)24-2/h4-6H,3H2,1-2H3,(H2,15,16,17,18,19). The number of halogens is 1. The molecule has 2 amide bonds. The molecule has 1 aliphatic rings. The van der Waals surface area contributed by atoms with Gasteiger partial charge in [0.25, 0.3) is 10.0 Å². The molecule has 3 rings (SSSR count). The SMILES string of the molecule is COc1cc(Cl)nc(NC(=O)NS(=O)(=O)c2csc3c2S(=O)(=O)C(C)C3)n1. The summed E-state index contributed by atoms with van der Waals surface area (Å²) < 4.78 is 56.4. The maximum absolute atomic E-state index is 12.5. The number of hydrogen-bond acceptors (Lipinski definition) is 9. The number of methoxy groups -OCH3 is 1. The van der Waals surface area contributed by atoms with E-state index in [1.165, 1.54) is 25.5 Å². The van der Waals surface area contributed by atoms with Crippen molar-refractivity contribution in [3.8, 4) is 5.88 Å². The van der Waals surface area contributed by atoms with Crippen molar-refractivity contribution in [1.29, 1.82) is 0 Å². The van der Waals surface area contributed by atoms with E-state index in [9.17, 15) is 21.6 Å². The molecule has 0 radical (unpaired) electrons. The molecule has 2 aromatic heterocycles. The van der Waals surface area contributed by atoms with E-state index < -0.39 is 36.0 Å². The van der Waals surface area contributed by atoms with Gasteiger partial charge in [-0.25, -0.2) is 31.3 Å². The number of sulfone groups is 1. The van der Waals surface area contributed by atoms with Crippen molar-refractivity contribution in [3.05, 3.63) is 21.5 Å².